The molecule has 36 heavy (non-hydrogen) atoms. The molecule has 2 N–H and O–H groups in total. The summed E-state index contributed by atoms with van der Waals surface area (Å²) in [6, 6.07) is 16.9. The molecule has 0 radical (unpaired) electrons. The first-order valence-electron chi connectivity index (χ1n) is 11.4. The van der Waals surface area contributed by atoms with E-state index in [9.17, 15) is 14.7 Å². The highest BCUT2D eigenvalue weighted by atomic mass is 32.2. The summed E-state index contributed by atoms with van der Waals surface area (Å²) in [6.45, 7) is 0.130. The number of alkyl carbamates (subject to hydrolysis) is 1. The molecular formula is C26H23N3O5S2. The maximum atomic E-state index is 12.5. The number of benzene rings is 2. The van der Waals surface area contributed by atoms with E-state index in [1.54, 1.807) is 11.3 Å². The zero-order valence-electron chi connectivity index (χ0n) is 19.1. The van der Waals surface area contributed by atoms with Gasteiger partial charge < -0.3 is 19.7 Å². The summed E-state index contributed by atoms with van der Waals surface area (Å²) >= 11 is 3.02. The lowest BCUT2D eigenvalue weighted by atomic mass is 9.98. The van der Waals surface area contributed by atoms with Crippen molar-refractivity contribution in [3.05, 3.63) is 82.3 Å². The van der Waals surface area contributed by atoms with Crippen LogP contribution in [0, 0.1) is 0 Å². The van der Waals surface area contributed by atoms with Crippen LogP contribution in [0.1, 0.15) is 29.3 Å². The number of carboxylic acid groups (broad SMARTS) is 1. The topological polar surface area (TPSA) is 115 Å². The Morgan fingerprint density at radius 3 is 2.50 bits per heavy atom. The number of thioether (sulfide) groups is 1. The number of amides is 1. The van der Waals surface area contributed by atoms with Gasteiger partial charge in [0.1, 0.15) is 12.6 Å². The van der Waals surface area contributed by atoms with Gasteiger partial charge in [0.05, 0.1) is 11.3 Å². The highest BCUT2D eigenvalue weighted by Crippen LogP contribution is 2.44. The average molecular weight is 522 g/mol. The second kappa shape index (κ2) is 11.0. The number of carbonyl (C=O) groups excluding carboxylic acids is 1. The van der Waals surface area contributed by atoms with Crippen molar-refractivity contribution in [3.63, 3.8) is 0 Å². The van der Waals surface area contributed by atoms with Crippen molar-refractivity contribution in [2.45, 2.75) is 24.1 Å². The molecule has 0 saturated heterocycles. The third-order valence-electron chi connectivity index (χ3n) is 5.95. The van der Waals surface area contributed by atoms with Gasteiger partial charge in [0.25, 0.3) is 5.89 Å². The van der Waals surface area contributed by atoms with E-state index in [1.165, 1.54) is 11.8 Å². The van der Waals surface area contributed by atoms with Crippen molar-refractivity contribution in [1.29, 1.82) is 0 Å². The van der Waals surface area contributed by atoms with E-state index in [2.05, 4.69) is 27.6 Å². The van der Waals surface area contributed by atoms with Gasteiger partial charge in [-0.05, 0) is 45.9 Å². The lowest BCUT2D eigenvalue weighted by molar-refractivity contribution is -0.139. The van der Waals surface area contributed by atoms with Crippen LogP contribution in [0.4, 0.5) is 4.79 Å². The molecule has 0 saturated carbocycles. The molecule has 0 fully saturated rings. The number of thiophene rings is 1. The molecule has 1 aliphatic rings. The van der Waals surface area contributed by atoms with Crippen molar-refractivity contribution in [2.75, 3.05) is 12.4 Å². The van der Waals surface area contributed by atoms with Crippen LogP contribution in [-0.2, 0) is 15.3 Å². The first-order chi connectivity index (χ1) is 17.6. The molecule has 5 rings (SSSR count). The largest absolute Gasteiger partial charge is 0.480 e. The van der Waals surface area contributed by atoms with Gasteiger partial charge in [-0.3, -0.25) is 0 Å². The molecule has 0 aliphatic heterocycles. The van der Waals surface area contributed by atoms with Gasteiger partial charge in [0, 0.05) is 11.3 Å². The van der Waals surface area contributed by atoms with Gasteiger partial charge in [-0.1, -0.05) is 53.7 Å². The van der Waals surface area contributed by atoms with Crippen LogP contribution in [0.25, 0.3) is 22.6 Å². The molecule has 4 aromatic rings. The molecular weight excluding hydrogens is 498 g/mol. The predicted octanol–water partition coefficient (Wildman–Crippen LogP) is 5.41. The molecule has 2 aromatic heterocycles. The number of nitrogens with zero attached hydrogens (tertiary/aromatic N) is 2. The van der Waals surface area contributed by atoms with E-state index < -0.39 is 18.1 Å². The number of carboxylic acids is 1. The van der Waals surface area contributed by atoms with E-state index in [4.69, 9.17) is 9.26 Å². The first-order valence-corrected chi connectivity index (χ1v) is 13.5. The lowest BCUT2D eigenvalue weighted by Gasteiger charge is -2.17. The fraction of sp³-hybridized carbons (Fsp3) is 0.231. The third-order valence-corrected chi connectivity index (χ3v) is 7.62. The summed E-state index contributed by atoms with van der Waals surface area (Å²) < 4.78 is 10.7. The van der Waals surface area contributed by atoms with E-state index >= 15 is 0 Å². The maximum absolute atomic E-state index is 12.5. The number of aliphatic carboxylic acids is 1. The molecule has 1 aliphatic carbocycles. The number of aromatic nitrogens is 2. The summed E-state index contributed by atoms with van der Waals surface area (Å²) in [5.74, 6) is 0.775. The summed E-state index contributed by atoms with van der Waals surface area (Å²) in [5.41, 5.74) is 5.34. The van der Waals surface area contributed by atoms with E-state index in [0.29, 0.717) is 23.2 Å². The van der Waals surface area contributed by atoms with Gasteiger partial charge in [-0.25, -0.2) is 9.59 Å². The summed E-state index contributed by atoms with van der Waals surface area (Å²) in [6.07, 6.45) is -0.507. The monoisotopic (exact) mass is 521 g/mol. The van der Waals surface area contributed by atoms with Crippen LogP contribution < -0.4 is 5.32 Å². The number of ether oxygens (including phenoxy) is 1. The zero-order valence-corrected chi connectivity index (χ0v) is 20.8. The van der Waals surface area contributed by atoms with Crippen molar-refractivity contribution < 1.29 is 24.0 Å². The molecule has 184 valence electrons. The minimum Gasteiger partial charge on any atom is -0.480 e. The fourth-order valence-electron chi connectivity index (χ4n) is 4.22. The predicted molar refractivity (Wildman–Crippen MR) is 138 cm³/mol. The minimum atomic E-state index is -1.11. The van der Waals surface area contributed by atoms with Crippen LogP contribution in [0.2, 0.25) is 0 Å². The molecule has 1 atom stereocenters. The average Bonchev–Trinajstić information content (AvgIpc) is 3.64. The van der Waals surface area contributed by atoms with Crippen molar-refractivity contribution in [3.8, 4) is 22.6 Å². The molecule has 8 nitrogen and oxygen atoms in total. The minimum absolute atomic E-state index is 0.0871. The number of carbonyl (C=O) groups is 2. The van der Waals surface area contributed by atoms with Crippen LogP contribution >= 0.6 is 23.1 Å². The highest BCUT2D eigenvalue weighted by molar-refractivity contribution is 7.98. The third kappa shape index (κ3) is 5.29. The molecule has 0 spiro atoms. The summed E-state index contributed by atoms with van der Waals surface area (Å²) in [4.78, 5) is 28.5. The Bertz CT molecular complexity index is 1310. The molecule has 2 heterocycles. The summed E-state index contributed by atoms with van der Waals surface area (Å²) in [7, 11) is 0. The summed E-state index contributed by atoms with van der Waals surface area (Å²) in [5, 5.41) is 19.9. The highest BCUT2D eigenvalue weighted by Gasteiger charge is 2.29. The first kappa shape index (κ1) is 24.1. The smallest absolute Gasteiger partial charge is 0.407 e. The molecule has 1 amide bonds. The second-order valence-corrected chi connectivity index (χ2v) is 10.1. The second-order valence-electron chi connectivity index (χ2n) is 8.23. The Balaban J connectivity index is 1.11. The zero-order chi connectivity index (χ0) is 24.9. The van der Waals surface area contributed by atoms with Gasteiger partial charge in [0.2, 0.25) is 0 Å². The quantitative estimate of drug-likeness (QED) is 0.266. The maximum Gasteiger partial charge on any atom is 0.407 e. The normalized spacial score (nSPS) is 13.1. The van der Waals surface area contributed by atoms with Crippen LogP contribution in [0.5, 0.6) is 0 Å². The van der Waals surface area contributed by atoms with Crippen LogP contribution in [0.3, 0.4) is 0 Å². The molecule has 2 aromatic carbocycles. The van der Waals surface area contributed by atoms with E-state index in [1.807, 2.05) is 53.2 Å². The Labute approximate surface area is 215 Å². The number of hydrogen-bond acceptors (Lipinski definition) is 8. The molecule has 1 unspecified atom stereocenters. The number of hydrogen-bond donors (Lipinski definition) is 2. The van der Waals surface area contributed by atoms with Gasteiger partial charge in [-0.15, -0.1) is 0 Å². The van der Waals surface area contributed by atoms with Crippen LogP contribution in [-0.4, -0.2) is 45.7 Å². The number of nitrogens with one attached hydrogen (secondary N) is 1. The Morgan fingerprint density at radius 1 is 1.11 bits per heavy atom. The number of fused-ring (bicyclic) bond motifs is 3. The van der Waals surface area contributed by atoms with Gasteiger partial charge >= 0.3 is 12.1 Å². The van der Waals surface area contributed by atoms with Crippen LogP contribution in [0.15, 0.2) is 69.9 Å². The lowest BCUT2D eigenvalue weighted by Crippen LogP contribution is -2.41. The van der Waals surface area contributed by atoms with Crippen molar-refractivity contribution >= 4 is 35.2 Å². The Kier molecular flexibility index (Phi) is 7.33. The van der Waals surface area contributed by atoms with Gasteiger partial charge in [-0.2, -0.15) is 28.1 Å². The molecule has 0 bridgehead atoms. The Morgan fingerprint density at radius 2 is 1.83 bits per heavy atom. The van der Waals surface area contributed by atoms with E-state index in [-0.39, 0.29) is 18.9 Å². The standard InChI is InChI=1S/C26H23N3O5S2/c30-25(31)22(10-12-36-15-23-28-24(34-29-23)16-9-11-35-14-16)27-26(32)33-13-21-19-7-3-1-5-17(19)18-6-2-4-8-20(18)21/h1-9,11,14,21-22H,10,12-13,15H2,(H,27,32)(H,30,31). The van der Waals surface area contributed by atoms with E-state index in [0.717, 1.165) is 27.8 Å². The fourth-order valence-corrected chi connectivity index (χ4v) is 5.70. The molecule has 10 heteroatoms. The SMILES string of the molecule is O=C(NC(CCSCc1noc(-c2ccsc2)n1)C(=O)O)OCC1c2ccccc2-c2ccccc21. The van der Waals surface area contributed by atoms with Crippen molar-refractivity contribution in [1.82, 2.24) is 15.5 Å². The van der Waals surface area contributed by atoms with Gasteiger partial charge in [0.15, 0.2) is 5.82 Å². The Hall–Kier alpha value is -3.63. The van der Waals surface area contributed by atoms with Crippen molar-refractivity contribution in [2.24, 2.45) is 0 Å². The number of rotatable bonds is 10.